The minimum Gasteiger partial charge on any atom is -0.349 e. The summed E-state index contributed by atoms with van der Waals surface area (Å²) >= 11 is 6.98. The van der Waals surface area contributed by atoms with Crippen molar-refractivity contribution in [1.82, 2.24) is 20.0 Å². The molecular formula is C25H39ClN4O2. The quantitative estimate of drug-likeness (QED) is 0.636. The molecule has 5 atom stereocenters. The number of amides is 2. The van der Waals surface area contributed by atoms with E-state index < -0.39 is 6.04 Å². The van der Waals surface area contributed by atoms with Crippen molar-refractivity contribution >= 4 is 23.4 Å². The van der Waals surface area contributed by atoms with E-state index in [4.69, 9.17) is 11.6 Å². The zero-order valence-corrected chi connectivity index (χ0v) is 20.4. The summed E-state index contributed by atoms with van der Waals surface area (Å²) in [7, 11) is 0. The van der Waals surface area contributed by atoms with Crippen LogP contribution in [0.5, 0.6) is 0 Å². The van der Waals surface area contributed by atoms with Crippen LogP contribution in [0.3, 0.4) is 0 Å². The summed E-state index contributed by atoms with van der Waals surface area (Å²) in [5.74, 6) is 0.381. The Morgan fingerprint density at radius 2 is 1.81 bits per heavy atom. The largest absolute Gasteiger partial charge is 0.349 e. The van der Waals surface area contributed by atoms with E-state index in [9.17, 15) is 9.59 Å². The SMILES string of the molecule is CC(C)N1CCC[C@H]1CNC(=O)C1=CN(C2CCCC2)C(=O)C2C(Cl)C3CCCCC3N12. The topological polar surface area (TPSA) is 55.9 Å². The van der Waals surface area contributed by atoms with Crippen LogP contribution in [0.2, 0.25) is 0 Å². The molecule has 2 saturated carbocycles. The van der Waals surface area contributed by atoms with Gasteiger partial charge < -0.3 is 15.1 Å². The van der Waals surface area contributed by atoms with Crippen LogP contribution in [0.25, 0.3) is 0 Å². The summed E-state index contributed by atoms with van der Waals surface area (Å²) in [5, 5.41) is 3.05. The van der Waals surface area contributed by atoms with E-state index in [2.05, 4.69) is 29.0 Å². The molecule has 0 bridgehead atoms. The molecular weight excluding hydrogens is 424 g/mol. The second-order valence-electron chi connectivity index (χ2n) is 10.8. The van der Waals surface area contributed by atoms with Gasteiger partial charge in [0.2, 0.25) is 0 Å². The van der Waals surface area contributed by atoms with Gasteiger partial charge in [-0.1, -0.05) is 25.7 Å². The number of hydrogen-bond donors (Lipinski definition) is 1. The Kier molecular flexibility index (Phi) is 6.45. The molecule has 0 aromatic carbocycles. The highest BCUT2D eigenvalue weighted by atomic mass is 35.5. The van der Waals surface area contributed by atoms with Crippen molar-refractivity contribution in [1.29, 1.82) is 0 Å². The fraction of sp³-hybridized carbons (Fsp3) is 0.840. The lowest BCUT2D eigenvalue weighted by Gasteiger charge is -2.42. The summed E-state index contributed by atoms with van der Waals surface area (Å²) in [6, 6.07) is 0.918. The molecule has 3 aliphatic heterocycles. The minimum atomic E-state index is -0.394. The number of halogens is 1. The van der Waals surface area contributed by atoms with E-state index in [1.165, 1.54) is 12.8 Å². The molecule has 6 nitrogen and oxygen atoms in total. The smallest absolute Gasteiger partial charge is 0.269 e. The van der Waals surface area contributed by atoms with Gasteiger partial charge in [0.1, 0.15) is 11.7 Å². The lowest BCUT2D eigenvalue weighted by Crippen LogP contribution is -2.57. The molecule has 1 N–H and O–H groups in total. The second-order valence-corrected chi connectivity index (χ2v) is 11.4. The Morgan fingerprint density at radius 1 is 1.09 bits per heavy atom. The average molecular weight is 463 g/mol. The molecule has 2 aliphatic carbocycles. The lowest BCUT2D eigenvalue weighted by molar-refractivity contribution is -0.137. The molecule has 7 heteroatoms. The van der Waals surface area contributed by atoms with Crippen LogP contribution in [0.1, 0.15) is 78.1 Å². The predicted molar refractivity (Wildman–Crippen MR) is 126 cm³/mol. The Balaban J connectivity index is 1.40. The standard InChI is InChI=1S/C25H39ClN4O2/c1-16(2)28-13-7-10-18(28)14-27-24(31)21-15-29(17-8-3-4-9-17)25(32)23-22(26)19-11-5-6-12-20(19)30(21)23/h15-20,22-23H,3-14H2,1-2H3,(H,27,31)/t18-,19?,20?,22?,23?/m0/s1. The second kappa shape index (κ2) is 9.17. The van der Waals surface area contributed by atoms with Crippen LogP contribution >= 0.6 is 11.6 Å². The molecule has 2 saturated heterocycles. The third-order valence-electron chi connectivity index (χ3n) is 8.73. The number of nitrogens with zero attached hydrogens (tertiary/aromatic N) is 3. The number of alkyl halides is 1. The molecule has 2 amide bonds. The number of likely N-dealkylation sites (tertiary alicyclic amines) is 1. The normalized spacial score (nSPS) is 35.9. The average Bonchev–Trinajstić information content (AvgIpc) is 3.53. The van der Waals surface area contributed by atoms with Gasteiger partial charge in [0, 0.05) is 36.9 Å². The molecule has 178 valence electrons. The van der Waals surface area contributed by atoms with Crippen molar-refractivity contribution in [2.24, 2.45) is 5.92 Å². The van der Waals surface area contributed by atoms with E-state index >= 15 is 0 Å². The van der Waals surface area contributed by atoms with Gasteiger partial charge in [-0.25, -0.2) is 0 Å². The number of hydrogen-bond acceptors (Lipinski definition) is 4. The highest BCUT2D eigenvalue weighted by Crippen LogP contribution is 2.47. The molecule has 5 aliphatic rings. The fourth-order valence-electron chi connectivity index (χ4n) is 7.15. The first kappa shape index (κ1) is 22.5. The molecule has 32 heavy (non-hydrogen) atoms. The Morgan fingerprint density at radius 3 is 2.56 bits per heavy atom. The van der Waals surface area contributed by atoms with Crippen molar-refractivity contribution in [2.75, 3.05) is 13.1 Å². The first-order valence-electron chi connectivity index (χ1n) is 13.0. The van der Waals surface area contributed by atoms with E-state index in [-0.39, 0.29) is 29.3 Å². The van der Waals surface area contributed by atoms with Crippen molar-refractivity contribution in [3.8, 4) is 0 Å². The number of carbonyl (C=O) groups excluding carboxylic acids is 2. The molecule has 3 heterocycles. The fourth-order valence-corrected chi connectivity index (χ4v) is 7.67. The van der Waals surface area contributed by atoms with Gasteiger partial charge in [0.25, 0.3) is 11.8 Å². The third-order valence-corrected chi connectivity index (χ3v) is 9.29. The maximum absolute atomic E-state index is 13.6. The van der Waals surface area contributed by atoms with Crippen LogP contribution in [-0.4, -0.2) is 75.2 Å². The van der Waals surface area contributed by atoms with Gasteiger partial charge >= 0.3 is 0 Å². The van der Waals surface area contributed by atoms with Crippen LogP contribution < -0.4 is 5.32 Å². The number of fused-ring (bicyclic) bond motifs is 3. The van der Waals surface area contributed by atoms with Gasteiger partial charge in [-0.3, -0.25) is 14.5 Å². The van der Waals surface area contributed by atoms with Gasteiger partial charge in [0.15, 0.2) is 0 Å². The van der Waals surface area contributed by atoms with Gasteiger partial charge in [-0.15, -0.1) is 11.6 Å². The van der Waals surface area contributed by atoms with Gasteiger partial charge in [0.05, 0.1) is 5.38 Å². The molecule has 5 rings (SSSR count). The van der Waals surface area contributed by atoms with E-state index in [1.54, 1.807) is 0 Å². The van der Waals surface area contributed by atoms with E-state index in [1.807, 2.05) is 11.1 Å². The molecule has 0 aromatic rings. The first-order chi connectivity index (χ1) is 15.5. The molecule has 4 fully saturated rings. The number of nitrogens with one attached hydrogen (secondary N) is 1. The minimum absolute atomic E-state index is 0.0313. The summed E-state index contributed by atoms with van der Waals surface area (Å²) in [4.78, 5) is 33.7. The molecule has 0 aromatic heterocycles. The first-order valence-corrected chi connectivity index (χ1v) is 13.4. The van der Waals surface area contributed by atoms with Crippen LogP contribution in [0.4, 0.5) is 0 Å². The highest BCUT2D eigenvalue weighted by Gasteiger charge is 2.56. The maximum atomic E-state index is 13.6. The zero-order chi connectivity index (χ0) is 22.4. The Bertz CT molecular complexity index is 765. The van der Waals surface area contributed by atoms with Crippen molar-refractivity contribution in [3.05, 3.63) is 11.9 Å². The monoisotopic (exact) mass is 462 g/mol. The lowest BCUT2D eigenvalue weighted by atomic mass is 9.84. The highest BCUT2D eigenvalue weighted by molar-refractivity contribution is 6.23. The van der Waals surface area contributed by atoms with Gasteiger partial charge in [-0.2, -0.15) is 0 Å². The van der Waals surface area contributed by atoms with E-state index in [0.29, 0.717) is 30.2 Å². The summed E-state index contributed by atoms with van der Waals surface area (Å²) in [6.07, 6.45) is 13.0. The zero-order valence-electron chi connectivity index (χ0n) is 19.6. The Hall–Kier alpha value is -1.27. The summed E-state index contributed by atoms with van der Waals surface area (Å²) in [6.45, 7) is 6.24. The van der Waals surface area contributed by atoms with Crippen molar-refractivity contribution in [3.63, 3.8) is 0 Å². The Labute approximate surface area is 197 Å². The number of rotatable bonds is 5. The van der Waals surface area contributed by atoms with Crippen LogP contribution in [0, 0.1) is 5.92 Å². The van der Waals surface area contributed by atoms with Crippen LogP contribution in [-0.2, 0) is 9.59 Å². The maximum Gasteiger partial charge on any atom is 0.269 e. The van der Waals surface area contributed by atoms with Crippen molar-refractivity contribution < 1.29 is 9.59 Å². The summed E-state index contributed by atoms with van der Waals surface area (Å²) in [5.41, 5.74) is 0.677. The van der Waals surface area contributed by atoms with Crippen molar-refractivity contribution in [2.45, 2.75) is 114 Å². The molecule has 0 spiro atoms. The summed E-state index contributed by atoms with van der Waals surface area (Å²) < 4.78 is 0. The van der Waals surface area contributed by atoms with Gasteiger partial charge in [-0.05, 0) is 64.8 Å². The molecule has 0 radical (unpaired) electrons. The number of carbonyl (C=O) groups is 2. The van der Waals surface area contributed by atoms with Crippen LogP contribution in [0.15, 0.2) is 11.9 Å². The third kappa shape index (κ3) is 3.85. The van der Waals surface area contributed by atoms with E-state index in [0.717, 1.165) is 57.9 Å². The predicted octanol–water partition coefficient (Wildman–Crippen LogP) is 3.45. The molecule has 4 unspecified atom stereocenters.